The Morgan fingerprint density at radius 2 is 2.11 bits per heavy atom. The third-order valence-corrected chi connectivity index (χ3v) is 3.88. The maximum absolute atomic E-state index is 5.70. The van der Waals surface area contributed by atoms with Crippen molar-refractivity contribution in [3.05, 3.63) is 24.3 Å². The number of hydrogen-bond acceptors (Lipinski definition) is 4. The lowest BCUT2D eigenvalue weighted by atomic mass is 10.1. The van der Waals surface area contributed by atoms with Gasteiger partial charge in [0, 0.05) is 11.8 Å². The molecular formula is C14H20N2OS. The second-order valence-corrected chi connectivity index (χ2v) is 5.64. The quantitative estimate of drug-likeness (QED) is 0.810. The predicted octanol–water partition coefficient (Wildman–Crippen LogP) is 3.55. The van der Waals surface area contributed by atoms with E-state index in [1.807, 2.05) is 24.3 Å². The van der Waals surface area contributed by atoms with Crippen molar-refractivity contribution in [2.24, 2.45) is 5.92 Å². The highest BCUT2D eigenvalue weighted by Gasteiger charge is 2.14. The summed E-state index contributed by atoms with van der Waals surface area (Å²) in [6, 6.07) is 8.38. The van der Waals surface area contributed by atoms with Gasteiger partial charge < -0.3 is 9.73 Å². The van der Waals surface area contributed by atoms with Crippen LogP contribution in [0.25, 0.3) is 11.1 Å². The van der Waals surface area contributed by atoms with Crippen molar-refractivity contribution >= 4 is 22.9 Å². The maximum Gasteiger partial charge on any atom is 0.256 e. The Labute approximate surface area is 112 Å². The average molecular weight is 264 g/mol. The first-order chi connectivity index (χ1) is 8.70. The van der Waals surface area contributed by atoms with Crippen molar-refractivity contribution in [1.82, 2.24) is 10.3 Å². The minimum atomic E-state index is 0.495. The van der Waals surface area contributed by atoms with Crippen molar-refractivity contribution in [2.45, 2.75) is 32.0 Å². The lowest BCUT2D eigenvalue weighted by Gasteiger charge is -2.20. The molecule has 4 heteroatoms. The zero-order chi connectivity index (χ0) is 13.0. The fourth-order valence-corrected chi connectivity index (χ4v) is 2.96. The summed E-state index contributed by atoms with van der Waals surface area (Å²) in [5, 5.41) is 4.26. The lowest BCUT2D eigenvalue weighted by molar-refractivity contribution is 0.440. The number of oxazole rings is 1. The molecule has 1 heterocycles. The fraction of sp³-hybridized carbons (Fsp3) is 0.500. The summed E-state index contributed by atoms with van der Waals surface area (Å²) < 4.78 is 5.70. The van der Waals surface area contributed by atoms with E-state index in [0.717, 1.165) is 28.6 Å². The largest absolute Gasteiger partial charge is 0.431 e. The Bertz CT molecular complexity index is 462. The molecule has 0 saturated heterocycles. The Morgan fingerprint density at radius 3 is 2.78 bits per heavy atom. The van der Waals surface area contributed by atoms with Crippen LogP contribution in [0.2, 0.25) is 0 Å². The van der Waals surface area contributed by atoms with Crippen molar-refractivity contribution in [1.29, 1.82) is 0 Å². The summed E-state index contributed by atoms with van der Waals surface area (Å²) in [5.41, 5.74) is 1.80. The Hall–Kier alpha value is -1.00. The van der Waals surface area contributed by atoms with Gasteiger partial charge in [-0.1, -0.05) is 44.7 Å². The van der Waals surface area contributed by atoms with Crippen LogP contribution in [0.4, 0.5) is 0 Å². The molecule has 98 valence electrons. The molecule has 2 rings (SSSR count). The van der Waals surface area contributed by atoms with Gasteiger partial charge in [0.25, 0.3) is 5.22 Å². The van der Waals surface area contributed by atoms with Crippen molar-refractivity contribution in [3.63, 3.8) is 0 Å². The molecule has 1 atom stereocenters. The third kappa shape index (κ3) is 3.27. The summed E-state index contributed by atoms with van der Waals surface area (Å²) in [6.45, 7) is 7.61. The standard InChI is InChI=1S/C14H20N2OS/c1-4-15-12(10(2)3)9-18-14-16-11-7-5-6-8-13(11)17-14/h5-8,10,12,15H,4,9H2,1-3H3. The van der Waals surface area contributed by atoms with Gasteiger partial charge in [0.1, 0.15) is 5.52 Å². The average Bonchev–Trinajstić information content (AvgIpc) is 2.76. The van der Waals surface area contributed by atoms with Crippen LogP contribution in [0.3, 0.4) is 0 Å². The molecule has 1 N–H and O–H groups in total. The SMILES string of the molecule is CCNC(CSc1nc2ccccc2o1)C(C)C. The highest BCUT2D eigenvalue weighted by molar-refractivity contribution is 7.99. The zero-order valence-electron chi connectivity index (χ0n) is 11.1. The number of fused-ring (bicyclic) bond motifs is 1. The van der Waals surface area contributed by atoms with Crippen LogP contribution in [-0.4, -0.2) is 23.3 Å². The van der Waals surface area contributed by atoms with Gasteiger partial charge in [-0.05, 0) is 24.6 Å². The minimum absolute atomic E-state index is 0.495. The normalized spacial score (nSPS) is 13.3. The van der Waals surface area contributed by atoms with Gasteiger partial charge in [-0.25, -0.2) is 4.98 Å². The molecule has 0 bridgehead atoms. The first-order valence-corrected chi connectivity index (χ1v) is 7.41. The van der Waals surface area contributed by atoms with Crippen molar-refractivity contribution in [3.8, 4) is 0 Å². The number of thioether (sulfide) groups is 1. The highest BCUT2D eigenvalue weighted by Crippen LogP contribution is 2.24. The van der Waals surface area contributed by atoms with Crippen LogP contribution in [0, 0.1) is 5.92 Å². The number of para-hydroxylation sites is 2. The van der Waals surface area contributed by atoms with Gasteiger partial charge in [0.2, 0.25) is 0 Å². The van der Waals surface area contributed by atoms with Crippen LogP contribution >= 0.6 is 11.8 Å². The van der Waals surface area contributed by atoms with Crippen LogP contribution in [0.1, 0.15) is 20.8 Å². The van der Waals surface area contributed by atoms with Gasteiger partial charge >= 0.3 is 0 Å². The van der Waals surface area contributed by atoms with Crippen LogP contribution < -0.4 is 5.32 Å². The number of benzene rings is 1. The van der Waals surface area contributed by atoms with E-state index in [9.17, 15) is 0 Å². The first-order valence-electron chi connectivity index (χ1n) is 6.42. The number of nitrogens with zero attached hydrogens (tertiary/aromatic N) is 1. The number of nitrogens with one attached hydrogen (secondary N) is 1. The summed E-state index contributed by atoms with van der Waals surface area (Å²) in [6.07, 6.45) is 0. The van der Waals surface area contributed by atoms with E-state index in [0.29, 0.717) is 12.0 Å². The molecule has 0 spiro atoms. The molecule has 1 unspecified atom stereocenters. The smallest absolute Gasteiger partial charge is 0.256 e. The highest BCUT2D eigenvalue weighted by atomic mass is 32.2. The monoisotopic (exact) mass is 264 g/mol. The molecule has 18 heavy (non-hydrogen) atoms. The molecule has 0 amide bonds. The topological polar surface area (TPSA) is 38.1 Å². The molecule has 0 aliphatic carbocycles. The van der Waals surface area contributed by atoms with E-state index in [-0.39, 0.29) is 0 Å². The molecule has 0 radical (unpaired) electrons. The molecule has 0 aliphatic heterocycles. The molecule has 1 aromatic carbocycles. The molecule has 2 aromatic rings. The van der Waals surface area contributed by atoms with Gasteiger partial charge in [0.15, 0.2) is 5.58 Å². The van der Waals surface area contributed by atoms with Crippen molar-refractivity contribution in [2.75, 3.05) is 12.3 Å². The predicted molar refractivity (Wildman–Crippen MR) is 77.0 cm³/mol. The molecule has 0 fully saturated rings. The minimum Gasteiger partial charge on any atom is -0.431 e. The Balaban J connectivity index is 2.00. The summed E-state index contributed by atoms with van der Waals surface area (Å²) >= 11 is 1.68. The second-order valence-electron chi connectivity index (χ2n) is 4.67. The van der Waals surface area contributed by atoms with E-state index in [1.54, 1.807) is 11.8 Å². The second kappa shape index (κ2) is 6.25. The van der Waals surface area contributed by atoms with Crippen molar-refractivity contribution < 1.29 is 4.42 Å². The van der Waals surface area contributed by atoms with E-state index >= 15 is 0 Å². The zero-order valence-corrected chi connectivity index (χ0v) is 12.0. The Kier molecular flexibility index (Phi) is 4.66. The number of aromatic nitrogens is 1. The molecular weight excluding hydrogens is 244 g/mol. The summed E-state index contributed by atoms with van der Waals surface area (Å²) in [7, 11) is 0. The molecule has 0 aliphatic rings. The third-order valence-electron chi connectivity index (χ3n) is 2.93. The fourth-order valence-electron chi connectivity index (χ4n) is 1.82. The molecule has 3 nitrogen and oxygen atoms in total. The van der Waals surface area contributed by atoms with Gasteiger partial charge in [-0.2, -0.15) is 0 Å². The number of rotatable bonds is 6. The van der Waals surface area contributed by atoms with Crippen LogP contribution in [-0.2, 0) is 0 Å². The van der Waals surface area contributed by atoms with E-state index in [4.69, 9.17) is 4.42 Å². The van der Waals surface area contributed by atoms with Gasteiger partial charge in [-0.15, -0.1) is 0 Å². The lowest BCUT2D eigenvalue weighted by Crippen LogP contribution is -2.35. The first kappa shape index (κ1) is 13.4. The molecule has 0 saturated carbocycles. The van der Waals surface area contributed by atoms with E-state index in [1.165, 1.54) is 0 Å². The molecule has 1 aromatic heterocycles. The summed E-state index contributed by atoms with van der Waals surface area (Å²) in [5.74, 6) is 1.60. The maximum atomic E-state index is 5.70. The van der Waals surface area contributed by atoms with Gasteiger partial charge in [0.05, 0.1) is 0 Å². The van der Waals surface area contributed by atoms with Gasteiger partial charge in [-0.3, -0.25) is 0 Å². The number of hydrogen-bond donors (Lipinski definition) is 1. The van der Waals surface area contributed by atoms with Crippen LogP contribution in [0.5, 0.6) is 0 Å². The van der Waals surface area contributed by atoms with E-state index in [2.05, 4.69) is 31.1 Å². The van der Waals surface area contributed by atoms with E-state index < -0.39 is 0 Å². The summed E-state index contributed by atoms with van der Waals surface area (Å²) in [4.78, 5) is 4.47. The van der Waals surface area contributed by atoms with Crippen LogP contribution in [0.15, 0.2) is 33.9 Å². The Morgan fingerprint density at radius 1 is 1.33 bits per heavy atom.